The van der Waals surface area contributed by atoms with Gasteiger partial charge in [-0.25, -0.2) is 5.10 Å². The van der Waals surface area contributed by atoms with Gasteiger partial charge < -0.3 is 10.2 Å². The monoisotopic (exact) mass is 310 g/mol. The van der Waals surface area contributed by atoms with Crippen LogP contribution in [0.1, 0.15) is 6.42 Å². The van der Waals surface area contributed by atoms with E-state index in [1.807, 2.05) is 0 Å². The summed E-state index contributed by atoms with van der Waals surface area (Å²) in [6, 6.07) is -1.47. The van der Waals surface area contributed by atoms with Crippen molar-refractivity contribution in [2.24, 2.45) is 0 Å². The quantitative estimate of drug-likeness (QED) is 0.842. The lowest BCUT2D eigenvalue weighted by Crippen LogP contribution is -2.57. The van der Waals surface area contributed by atoms with E-state index < -0.39 is 30.1 Å². The Balaban J connectivity index is 2.38. The van der Waals surface area contributed by atoms with E-state index in [1.165, 1.54) is 0 Å². The Hall–Kier alpha value is -1.77. The molecule has 2 rings (SSSR count). The Labute approximate surface area is 115 Å². The van der Waals surface area contributed by atoms with Gasteiger partial charge in [-0.05, 0) is 0 Å². The summed E-state index contributed by atoms with van der Waals surface area (Å²) in [4.78, 5) is 24.2. The number of hydrogen-bond donors (Lipinski definition) is 2. The molecule has 6 nitrogen and oxygen atoms in total. The largest absolute Gasteiger partial charge is 0.391 e. The van der Waals surface area contributed by atoms with Crippen molar-refractivity contribution >= 4 is 23.2 Å². The average Bonchev–Trinajstić information content (AvgIpc) is 2.34. The number of nitrogens with zero attached hydrogens (tertiary/aromatic N) is 2. The summed E-state index contributed by atoms with van der Waals surface area (Å²) in [7, 11) is 0. The van der Waals surface area contributed by atoms with Crippen LogP contribution in [0.3, 0.4) is 0 Å². The lowest BCUT2D eigenvalue weighted by molar-refractivity contribution is -0.148. The SMILES string of the molecule is O=C1NCCN(c2cn[nH]c(=O)c2Cl)[C@@H]1CC(F)(F)F. The fourth-order valence-electron chi connectivity index (χ4n) is 2.00. The molecule has 1 atom stereocenters. The molecule has 10 heteroatoms. The van der Waals surface area contributed by atoms with Crippen molar-refractivity contribution in [3.63, 3.8) is 0 Å². The summed E-state index contributed by atoms with van der Waals surface area (Å²) in [5.74, 6) is -0.759. The predicted octanol–water partition coefficient (Wildman–Crippen LogP) is 0.680. The lowest BCUT2D eigenvalue weighted by atomic mass is 10.1. The van der Waals surface area contributed by atoms with Gasteiger partial charge in [-0.3, -0.25) is 9.59 Å². The van der Waals surface area contributed by atoms with Crippen molar-refractivity contribution in [2.75, 3.05) is 18.0 Å². The fraction of sp³-hybridized carbons (Fsp3) is 0.500. The molecule has 1 amide bonds. The third kappa shape index (κ3) is 3.03. The van der Waals surface area contributed by atoms with Crippen molar-refractivity contribution in [1.29, 1.82) is 0 Å². The van der Waals surface area contributed by atoms with Gasteiger partial charge in [-0.2, -0.15) is 18.3 Å². The molecular weight excluding hydrogens is 301 g/mol. The number of aromatic nitrogens is 2. The highest BCUT2D eigenvalue weighted by atomic mass is 35.5. The molecular formula is C10H10ClF3N4O2. The van der Waals surface area contributed by atoms with Crippen LogP contribution in [0, 0.1) is 0 Å². The molecule has 0 unspecified atom stereocenters. The summed E-state index contributed by atoms with van der Waals surface area (Å²) in [6.45, 7) is 0.271. The second kappa shape index (κ2) is 5.31. The number of aromatic amines is 1. The minimum absolute atomic E-state index is 0.0134. The van der Waals surface area contributed by atoms with E-state index >= 15 is 0 Å². The van der Waals surface area contributed by atoms with Crippen LogP contribution in [-0.4, -0.2) is 41.4 Å². The topological polar surface area (TPSA) is 78.1 Å². The lowest BCUT2D eigenvalue weighted by Gasteiger charge is -2.37. The molecule has 0 aromatic carbocycles. The van der Waals surface area contributed by atoms with Gasteiger partial charge in [0.15, 0.2) is 0 Å². The Kier molecular flexibility index (Phi) is 3.89. The number of nitrogens with one attached hydrogen (secondary N) is 2. The molecule has 2 heterocycles. The molecule has 1 fully saturated rings. The molecule has 1 aliphatic rings. The smallest absolute Gasteiger partial charge is 0.355 e. The highest BCUT2D eigenvalue weighted by Crippen LogP contribution is 2.30. The van der Waals surface area contributed by atoms with E-state index in [-0.39, 0.29) is 23.8 Å². The normalized spacial score (nSPS) is 19.9. The molecule has 0 radical (unpaired) electrons. The third-order valence-corrected chi connectivity index (χ3v) is 3.21. The Morgan fingerprint density at radius 2 is 2.15 bits per heavy atom. The fourth-order valence-corrected chi connectivity index (χ4v) is 2.20. The minimum Gasteiger partial charge on any atom is -0.355 e. The van der Waals surface area contributed by atoms with Crippen molar-refractivity contribution in [3.05, 3.63) is 21.6 Å². The van der Waals surface area contributed by atoms with Gasteiger partial charge in [0.1, 0.15) is 11.1 Å². The number of rotatable bonds is 2. The standard InChI is InChI=1S/C10H10ClF3N4O2/c11-7-6(4-16-17-9(7)20)18-2-1-15-8(19)5(18)3-10(12,13)14/h4-5H,1-3H2,(H,15,19)(H,17,20)/t5-/m1/s1. The predicted molar refractivity (Wildman–Crippen MR) is 64.7 cm³/mol. The van der Waals surface area contributed by atoms with Crippen LogP contribution in [0.15, 0.2) is 11.0 Å². The summed E-state index contributed by atoms with van der Waals surface area (Å²) in [5, 5.41) is 7.63. The van der Waals surface area contributed by atoms with Crippen LogP contribution in [-0.2, 0) is 4.79 Å². The summed E-state index contributed by atoms with van der Waals surface area (Å²) >= 11 is 5.77. The highest BCUT2D eigenvalue weighted by Gasteiger charge is 2.41. The number of carbonyl (C=O) groups is 1. The van der Waals surface area contributed by atoms with Crippen LogP contribution in [0.25, 0.3) is 0 Å². The van der Waals surface area contributed by atoms with E-state index in [2.05, 4.69) is 15.5 Å². The van der Waals surface area contributed by atoms with Crippen LogP contribution in [0.5, 0.6) is 0 Å². The van der Waals surface area contributed by atoms with Gasteiger partial charge in [-0.15, -0.1) is 0 Å². The van der Waals surface area contributed by atoms with Crippen LogP contribution >= 0.6 is 11.6 Å². The number of hydrogen-bond acceptors (Lipinski definition) is 4. The third-order valence-electron chi connectivity index (χ3n) is 2.84. The van der Waals surface area contributed by atoms with Crippen molar-refractivity contribution in [3.8, 4) is 0 Å². The summed E-state index contributed by atoms with van der Waals surface area (Å²) in [5.41, 5.74) is -0.708. The van der Waals surface area contributed by atoms with Gasteiger partial charge in [0.2, 0.25) is 5.91 Å². The maximum Gasteiger partial charge on any atom is 0.391 e. The first-order valence-corrected chi connectivity index (χ1v) is 6.01. The number of anilines is 1. The van der Waals surface area contributed by atoms with Crippen molar-refractivity contribution < 1.29 is 18.0 Å². The molecule has 0 bridgehead atoms. The average molecular weight is 311 g/mol. The number of carbonyl (C=O) groups excluding carboxylic acids is 1. The van der Waals surface area contributed by atoms with Crippen molar-refractivity contribution in [2.45, 2.75) is 18.6 Å². The molecule has 1 aromatic heterocycles. The van der Waals surface area contributed by atoms with Gasteiger partial charge >= 0.3 is 6.18 Å². The first kappa shape index (κ1) is 14.6. The molecule has 1 aromatic rings. The van der Waals surface area contributed by atoms with E-state index in [4.69, 9.17) is 11.6 Å². The molecule has 0 spiro atoms. The van der Waals surface area contributed by atoms with Crippen LogP contribution in [0.2, 0.25) is 5.02 Å². The zero-order valence-electron chi connectivity index (χ0n) is 10.00. The number of H-pyrrole nitrogens is 1. The second-order valence-corrected chi connectivity index (χ2v) is 4.60. The molecule has 1 saturated heterocycles. The number of halogens is 4. The van der Waals surface area contributed by atoms with E-state index in [0.717, 1.165) is 11.1 Å². The minimum atomic E-state index is -4.52. The molecule has 2 N–H and O–H groups in total. The van der Waals surface area contributed by atoms with Gasteiger partial charge in [0, 0.05) is 13.1 Å². The van der Waals surface area contributed by atoms with E-state index in [1.54, 1.807) is 0 Å². The van der Waals surface area contributed by atoms with Gasteiger partial charge in [0.05, 0.1) is 18.3 Å². The molecule has 0 aliphatic carbocycles. The molecule has 0 saturated carbocycles. The summed E-state index contributed by atoms with van der Waals surface area (Å²) in [6.07, 6.45) is -4.72. The Morgan fingerprint density at radius 3 is 2.80 bits per heavy atom. The zero-order chi connectivity index (χ0) is 14.9. The van der Waals surface area contributed by atoms with Crippen LogP contribution in [0.4, 0.5) is 18.9 Å². The maximum absolute atomic E-state index is 12.6. The van der Waals surface area contributed by atoms with Crippen LogP contribution < -0.4 is 15.8 Å². The zero-order valence-corrected chi connectivity index (χ0v) is 10.8. The number of alkyl halides is 3. The highest BCUT2D eigenvalue weighted by molar-refractivity contribution is 6.33. The Morgan fingerprint density at radius 1 is 1.45 bits per heavy atom. The second-order valence-electron chi connectivity index (χ2n) is 4.22. The molecule has 1 aliphatic heterocycles. The Bertz CT molecular complexity index is 574. The van der Waals surface area contributed by atoms with Crippen molar-refractivity contribution in [1.82, 2.24) is 15.5 Å². The molecule has 20 heavy (non-hydrogen) atoms. The van der Waals surface area contributed by atoms with Gasteiger partial charge in [-0.1, -0.05) is 11.6 Å². The number of amides is 1. The van der Waals surface area contributed by atoms with E-state index in [0.29, 0.717) is 0 Å². The maximum atomic E-state index is 12.6. The van der Waals surface area contributed by atoms with Gasteiger partial charge in [0.25, 0.3) is 5.56 Å². The number of piperazine rings is 1. The summed E-state index contributed by atoms with van der Waals surface area (Å²) < 4.78 is 37.7. The molecule has 110 valence electrons. The first-order chi connectivity index (χ1) is 9.29. The first-order valence-electron chi connectivity index (χ1n) is 5.64. The van der Waals surface area contributed by atoms with E-state index in [9.17, 15) is 22.8 Å².